The van der Waals surface area contributed by atoms with Crippen molar-refractivity contribution in [3.63, 3.8) is 0 Å². The van der Waals surface area contributed by atoms with E-state index in [-0.39, 0.29) is 11.2 Å². The van der Waals surface area contributed by atoms with Crippen LogP contribution in [0.25, 0.3) is 0 Å². The molecular formula is C21H23N3O6. The van der Waals surface area contributed by atoms with Crippen LogP contribution in [0, 0.1) is 11.3 Å². The molecular weight excluding hydrogens is 390 g/mol. The van der Waals surface area contributed by atoms with Crippen LogP contribution in [0.5, 0.6) is 5.75 Å². The molecule has 0 bridgehead atoms. The van der Waals surface area contributed by atoms with Gasteiger partial charge in [-0.1, -0.05) is 26.0 Å². The summed E-state index contributed by atoms with van der Waals surface area (Å²) in [6, 6.07) is 6.12. The van der Waals surface area contributed by atoms with Gasteiger partial charge in [0, 0.05) is 23.6 Å². The van der Waals surface area contributed by atoms with E-state index in [0.29, 0.717) is 24.2 Å². The standard InChI is InChI=1S/C21H23N3O6/c1-21(2)7-12-16(13(25)8-21)15(17-18(22-12)23-20(29)24-19(17)28)10-3-5-11(6-4-10)30-9-14(26)27/h3-6,15,17-18,22H,7-9H2,1-2H3,(H,26,27)(H2,23,24,28,29). The van der Waals surface area contributed by atoms with E-state index in [0.717, 1.165) is 11.3 Å². The molecule has 1 aromatic carbocycles. The molecule has 0 saturated carbocycles. The first-order valence-corrected chi connectivity index (χ1v) is 9.73. The number of ether oxygens (including phenoxy) is 1. The summed E-state index contributed by atoms with van der Waals surface area (Å²) in [5.41, 5.74) is 1.82. The van der Waals surface area contributed by atoms with Gasteiger partial charge in [0.1, 0.15) is 11.9 Å². The van der Waals surface area contributed by atoms with Gasteiger partial charge in [-0.2, -0.15) is 0 Å². The number of carboxylic acids is 1. The van der Waals surface area contributed by atoms with Gasteiger partial charge in [-0.3, -0.25) is 14.9 Å². The normalized spacial score (nSPS) is 27.3. The van der Waals surface area contributed by atoms with Crippen molar-refractivity contribution in [3.8, 4) is 5.75 Å². The van der Waals surface area contributed by atoms with Gasteiger partial charge in [0.15, 0.2) is 12.4 Å². The van der Waals surface area contributed by atoms with Gasteiger partial charge in [-0.15, -0.1) is 0 Å². The van der Waals surface area contributed by atoms with Gasteiger partial charge in [0.2, 0.25) is 5.91 Å². The van der Waals surface area contributed by atoms with Crippen molar-refractivity contribution >= 4 is 23.7 Å². The Balaban J connectivity index is 1.75. The topological polar surface area (TPSA) is 134 Å². The Kier molecular flexibility index (Phi) is 4.76. The Morgan fingerprint density at radius 1 is 1.13 bits per heavy atom. The summed E-state index contributed by atoms with van der Waals surface area (Å²) >= 11 is 0. The molecule has 158 valence electrons. The van der Waals surface area contributed by atoms with Crippen LogP contribution in [-0.2, 0) is 14.4 Å². The molecule has 3 atom stereocenters. The van der Waals surface area contributed by atoms with Gasteiger partial charge < -0.3 is 20.5 Å². The molecule has 4 N–H and O–H groups in total. The number of aliphatic carboxylic acids is 1. The third-order valence-corrected chi connectivity index (χ3v) is 5.71. The van der Waals surface area contributed by atoms with E-state index >= 15 is 0 Å². The zero-order chi connectivity index (χ0) is 21.6. The van der Waals surface area contributed by atoms with Crippen LogP contribution in [0.1, 0.15) is 38.2 Å². The van der Waals surface area contributed by atoms with Crippen molar-refractivity contribution in [2.24, 2.45) is 11.3 Å². The van der Waals surface area contributed by atoms with Gasteiger partial charge in [0.25, 0.3) is 0 Å². The van der Waals surface area contributed by atoms with Crippen molar-refractivity contribution < 1.29 is 29.0 Å². The number of fused-ring (bicyclic) bond motifs is 1. The average Bonchev–Trinajstić information content (AvgIpc) is 2.64. The van der Waals surface area contributed by atoms with Crippen LogP contribution in [0.15, 0.2) is 35.5 Å². The maximum atomic E-state index is 13.1. The van der Waals surface area contributed by atoms with Crippen LogP contribution >= 0.6 is 0 Å². The number of benzene rings is 1. The number of carboxylic acid groups (broad SMARTS) is 1. The summed E-state index contributed by atoms with van der Waals surface area (Å²) in [6.07, 6.45) is 0.375. The molecule has 9 heteroatoms. The average molecular weight is 413 g/mol. The Morgan fingerprint density at radius 3 is 2.50 bits per heavy atom. The van der Waals surface area contributed by atoms with Crippen molar-refractivity contribution in [1.82, 2.24) is 16.0 Å². The van der Waals surface area contributed by atoms with E-state index in [1.807, 2.05) is 13.8 Å². The summed E-state index contributed by atoms with van der Waals surface area (Å²) in [7, 11) is 0. The first kappa shape index (κ1) is 19.9. The molecule has 2 heterocycles. The number of hydrogen-bond donors (Lipinski definition) is 4. The molecule has 3 amide bonds. The Bertz CT molecular complexity index is 965. The van der Waals surface area contributed by atoms with Crippen LogP contribution in [-0.4, -0.2) is 41.6 Å². The minimum Gasteiger partial charge on any atom is -0.482 e. The number of Topliss-reactive ketones (excluding diaryl/α,β-unsaturated/α-hetero) is 1. The Labute approximate surface area is 172 Å². The molecule has 0 radical (unpaired) electrons. The number of allylic oxidation sites excluding steroid dienone is 2. The minimum absolute atomic E-state index is 0.0203. The predicted molar refractivity (Wildman–Crippen MR) is 104 cm³/mol. The van der Waals surface area contributed by atoms with Gasteiger partial charge >= 0.3 is 12.0 Å². The van der Waals surface area contributed by atoms with Crippen molar-refractivity contribution in [1.29, 1.82) is 0 Å². The molecule has 9 nitrogen and oxygen atoms in total. The van der Waals surface area contributed by atoms with Crippen LogP contribution < -0.4 is 20.7 Å². The quantitative estimate of drug-likeness (QED) is 0.584. The maximum Gasteiger partial charge on any atom is 0.341 e. The Morgan fingerprint density at radius 2 is 1.83 bits per heavy atom. The molecule has 2 aliphatic heterocycles. The summed E-state index contributed by atoms with van der Waals surface area (Å²) < 4.78 is 5.18. The molecule has 1 fully saturated rings. The van der Waals surface area contributed by atoms with Gasteiger partial charge in [-0.25, -0.2) is 9.59 Å². The van der Waals surface area contributed by atoms with Gasteiger partial charge in [0.05, 0.1) is 5.92 Å². The largest absolute Gasteiger partial charge is 0.482 e. The second kappa shape index (κ2) is 7.16. The smallest absolute Gasteiger partial charge is 0.341 e. The zero-order valence-electron chi connectivity index (χ0n) is 16.7. The summed E-state index contributed by atoms with van der Waals surface area (Å²) in [5, 5.41) is 17.0. The highest BCUT2D eigenvalue weighted by Crippen LogP contribution is 2.47. The van der Waals surface area contributed by atoms with E-state index < -0.39 is 42.5 Å². The van der Waals surface area contributed by atoms with Crippen LogP contribution in [0.3, 0.4) is 0 Å². The lowest BCUT2D eigenvalue weighted by Gasteiger charge is -2.46. The van der Waals surface area contributed by atoms with Crippen LogP contribution in [0.2, 0.25) is 0 Å². The van der Waals surface area contributed by atoms with E-state index in [2.05, 4.69) is 16.0 Å². The SMILES string of the molecule is CC1(C)CC(=O)C2=C(C1)NC1NC(=O)NC(=O)C1C2c1ccc(OCC(=O)O)cc1. The number of amides is 3. The highest BCUT2D eigenvalue weighted by atomic mass is 16.5. The number of carbonyl (C=O) groups is 4. The third kappa shape index (κ3) is 3.62. The number of hydrogen-bond acceptors (Lipinski definition) is 6. The molecule has 1 saturated heterocycles. The first-order chi connectivity index (χ1) is 14.1. The predicted octanol–water partition coefficient (Wildman–Crippen LogP) is 1.26. The van der Waals surface area contributed by atoms with Crippen molar-refractivity contribution in [2.45, 2.75) is 38.8 Å². The lowest BCUT2D eigenvalue weighted by molar-refractivity contribution is -0.139. The fourth-order valence-electron chi connectivity index (χ4n) is 4.57. The second-order valence-electron chi connectivity index (χ2n) is 8.67. The first-order valence-electron chi connectivity index (χ1n) is 9.73. The molecule has 1 aliphatic carbocycles. The number of carbonyl (C=O) groups excluding carboxylic acids is 3. The number of urea groups is 1. The third-order valence-electron chi connectivity index (χ3n) is 5.71. The molecule has 4 rings (SSSR count). The molecule has 0 aromatic heterocycles. The molecule has 0 spiro atoms. The van der Waals surface area contributed by atoms with Crippen molar-refractivity contribution in [3.05, 3.63) is 41.1 Å². The maximum absolute atomic E-state index is 13.1. The summed E-state index contributed by atoms with van der Waals surface area (Å²) in [6.45, 7) is 3.56. The van der Waals surface area contributed by atoms with Crippen molar-refractivity contribution in [2.75, 3.05) is 6.61 Å². The van der Waals surface area contributed by atoms with Crippen LogP contribution in [0.4, 0.5) is 4.79 Å². The highest BCUT2D eigenvalue weighted by molar-refractivity contribution is 6.04. The Hall–Kier alpha value is -3.36. The van der Waals surface area contributed by atoms with Gasteiger partial charge in [-0.05, 0) is 29.5 Å². The number of rotatable bonds is 4. The molecule has 1 aromatic rings. The molecule has 3 unspecified atom stereocenters. The lowest BCUT2D eigenvalue weighted by atomic mass is 9.66. The summed E-state index contributed by atoms with van der Waals surface area (Å²) in [5.74, 6) is -2.41. The number of ketones is 1. The lowest BCUT2D eigenvalue weighted by Crippen LogP contribution is -2.66. The number of imide groups is 1. The monoisotopic (exact) mass is 413 g/mol. The zero-order valence-corrected chi connectivity index (χ0v) is 16.7. The highest BCUT2D eigenvalue weighted by Gasteiger charge is 2.50. The fourth-order valence-corrected chi connectivity index (χ4v) is 4.57. The number of nitrogens with one attached hydrogen (secondary N) is 3. The minimum atomic E-state index is -1.08. The second-order valence-corrected chi connectivity index (χ2v) is 8.67. The van der Waals surface area contributed by atoms with E-state index in [1.54, 1.807) is 24.3 Å². The van der Waals surface area contributed by atoms with E-state index in [4.69, 9.17) is 9.84 Å². The molecule has 3 aliphatic rings. The van der Waals surface area contributed by atoms with E-state index in [1.165, 1.54) is 0 Å². The molecule has 30 heavy (non-hydrogen) atoms. The fraction of sp³-hybridized carbons (Fsp3) is 0.429. The van der Waals surface area contributed by atoms with E-state index in [9.17, 15) is 19.2 Å². The summed E-state index contributed by atoms with van der Waals surface area (Å²) in [4.78, 5) is 48.4.